The number of H-pyrrole nitrogens is 1. The zero-order chi connectivity index (χ0) is 15.1. The molecule has 0 atom stereocenters. The van der Waals surface area contributed by atoms with Crippen LogP contribution in [0.1, 0.15) is 11.5 Å². The number of nitrogens with one attached hydrogen (secondary N) is 2. The topological polar surface area (TPSA) is 53.6 Å². The van der Waals surface area contributed by atoms with Crippen LogP contribution in [0.2, 0.25) is 0 Å². The zero-order valence-electron chi connectivity index (χ0n) is 12.5. The third kappa shape index (κ3) is 2.27. The molecule has 4 rings (SSSR count). The first kappa shape index (κ1) is 13.4. The van der Waals surface area contributed by atoms with Crippen LogP contribution in [-0.4, -0.2) is 20.8 Å². The van der Waals surface area contributed by atoms with Crippen molar-refractivity contribution in [1.82, 2.24) is 15.0 Å². The SMILES string of the molecule is Cc1cccc(-c2[nH]c(C)nc2-c2ccc3c(c2)SCN3)n1. The highest BCUT2D eigenvalue weighted by Gasteiger charge is 2.17. The van der Waals surface area contributed by atoms with E-state index >= 15 is 0 Å². The van der Waals surface area contributed by atoms with Gasteiger partial charge in [-0.3, -0.25) is 4.98 Å². The van der Waals surface area contributed by atoms with Crippen molar-refractivity contribution >= 4 is 17.4 Å². The highest BCUT2D eigenvalue weighted by atomic mass is 32.2. The number of thioether (sulfide) groups is 1. The van der Waals surface area contributed by atoms with Gasteiger partial charge in [0.15, 0.2) is 0 Å². The maximum absolute atomic E-state index is 4.69. The van der Waals surface area contributed by atoms with E-state index in [0.29, 0.717) is 0 Å². The highest BCUT2D eigenvalue weighted by molar-refractivity contribution is 7.99. The van der Waals surface area contributed by atoms with E-state index in [2.05, 4.69) is 38.5 Å². The van der Waals surface area contributed by atoms with Crippen LogP contribution in [0, 0.1) is 13.8 Å². The molecule has 3 heterocycles. The van der Waals surface area contributed by atoms with Gasteiger partial charge in [-0.1, -0.05) is 12.1 Å². The van der Waals surface area contributed by atoms with Crippen LogP contribution < -0.4 is 5.32 Å². The molecule has 0 radical (unpaired) electrons. The Morgan fingerprint density at radius 1 is 1.09 bits per heavy atom. The van der Waals surface area contributed by atoms with E-state index in [1.54, 1.807) is 0 Å². The molecule has 110 valence electrons. The molecule has 0 unspecified atom stereocenters. The van der Waals surface area contributed by atoms with Crippen molar-refractivity contribution in [2.24, 2.45) is 0 Å². The highest BCUT2D eigenvalue weighted by Crippen LogP contribution is 2.38. The van der Waals surface area contributed by atoms with Crippen LogP contribution >= 0.6 is 11.8 Å². The summed E-state index contributed by atoms with van der Waals surface area (Å²) in [6.07, 6.45) is 0. The Kier molecular flexibility index (Phi) is 3.15. The summed E-state index contributed by atoms with van der Waals surface area (Å²) in [4.78, 5) is 14.0. The summed E-state index contributed by atoms with van der Waals surface area (Å²) in [6, 6.07) is 12.5. The molecule has 0 spiro atoms. The molecule has 0 saturated carbocycles. The molecule has 5 heteroatoms. The van der Waals surface area contributed by atoms with Gasteiger partial charge in [-0.25, -0.2) is 4.98 Å². The lowest BCUT2D eigenvalue weighted by Crippen LogP contribution is -1.90. The Labute approximate surface area is 133 Å². The van der Waals surface area contributed by atoms with Gasteiger partial charge in [0.25, 0.3) is 0 Å². The van der Waals surface area contributed by atoms with E-state index in [9.17, 15) is 0 Å². The van der Waals surface area contributed by atoms with Crippen molar-refractivity contribution in [2.45, 2.75) is 18.7 Å². The van der Waals surface area contributed by atoms with Gasteiger partial charge in [0.1, 0.15) is 5.82 Å². The summed E-state index contributed by atoms with van der Waals surface area (Å²) in [5.74, 6) is 1.84. The summed E-state index contributed by atoms with van der Waals surface area (Å²) in [5, 5.41) is 3.36. The standard InChI is InChI=1S/C17H16N4S/c1-10-4-3-5-14(19-10)17-16(20-11(2)21-17)12-6-7-13-15(8-12)22-9-18-13/h3-8,18H,9H2,1-2H3,(H,20,21). The van der Waals surface area contributed by atoms with Crippen LogP contribution in [0.5, 0.6) is 0 Å². The fourth-order valence-electron chi connectivity index (χ4n) is 2.69. The number of anilines is 1. The molecule has 2 N–H and O–H groups in total. The van der Waals surface area contributed by atoms with Crippen molar-refractivity contribution in [3.63, 3.8) is 0 Å². The number of imidazole rings is 1. The Bertz CT molecular complexity index is 854. The van der Waals surface area contributed by atoms with Crippen molar-refractivity contribution in [3.05, 3.63) is 47.9 Å². The quantitative estimate of drug-likeness (QED) is 0.744. The molecule has 22 heavy (non-hydrogen) atoms. The molecule has 1 aliphatic rings. The smallest absolute Gasteiger partial charge is 0.104 e. The first-order valence-electron chi connectivity index (χ1n) is 7.22. The van der Waals surface area contributed by atoms with Gasteiger partial charge in [-0.15, -0.1) is 11.8 Å². The minimum absolute atomic E-state index is 0.902. The number of aryl methyl sites for hydroxylation is 2. The Morgan fingerprint density at radius 2 is 2.00 bits per heavy atom. The van der Waals surface area contributed by atoms with Crippen molar-refractivity contribution in [1.29, 1.82) is 0 Å². The van der Waals surface area contributed by atoms with E-state index < -0.39 is 0 Å². The van der Waals surface area contributed by atoms with Crippen LogP contribution in [0.3, 0.4) is 0 Å². The van der Waals surface area contributed by atoms with Crippen molar-refractivity contribution in [2.75, 3.05) is 11.2 Å². The summed E-state index contributed by atoms with van der Waals surface area (Å²) in [7, 11) is 0. The van der Waals surface area contributed by atoms with E-state index in [4.69, 9.17) is 0 Å². The fraction of sp³-hybridized carbons (Fsp3) is 0.176. The lowest BCUT2D eigenvalue weighted by Gasteiger charge is -2.05. The molecule has 0 aliphatic carbocycles. The average molecular weight is 308 g/mol. The second kappa shape index (κ2) is 5.18. The predicted molar refractivity (Wildman–Crippen MR) is 91.1 cm³/mol. The first-order valence-corrected chi connectivity index (χ1v) is 8.21. The van der Waals surface area contributed by atoms with E-state index in [1.807, 2.05) is 43.8 Å². The number of hydrogen-bond donors (Lipinski definition) is 2. The molecule has 1 aliphatic heterocycles. The first-order chi connectivity index (χ1) is 10.7. The minimum atomic E-state index is 0.902. The Hall–Kier alpha value is -2.27. The number of pyridine rings is 1. The van der Waals surface area contributed by atoms with Gasteiger partial charge in [-0.05, 0) is 38.1 Å². The number of nitrogens with zero attached hydrogens (tertiary/aromatic N) is 2. The lowest BCUT2D eigenvalue weighted by atomic mass is 10.1. The largest absolute Gasteiger partial charge is 0.375 e. The van der Waals surface area contributed by atoms with Gasteiger partial charge in [0.05, 0.1) is 23.0 Å². The van der Waals surface area contributed by atoms with Gasteiger partial charge >= 0.3 is 0 Å². The number of hydrogen-bond acceptors (Lipinski definition) is 4. The minimum Gasteiger partial charge on any atom is -0.375 e. The third-order valence-electron chi connectivity index (χ3n) is 3.71. The average Bonchev–Trinajstić information content (AvgIpc) is 3.12. The van der Waals surface area contributed by atoms with Crippen molar-refractivity contribution < 1.29 is 0 Å². The maximum atomic E-state index is 4.69. The van der Waals surface area contributed by atoms with Crippen LogP contribution in [-0.2, 0) is 0 Å². The number of aromatic nitrogens is 3. The molecule has 4 nitrogen and oxygen atoms in total. The van der Waals surface area contributed by atoms with Crippen LogP contribution in [0.15, 0.2) is 41.3 Å². The number of fused-ring (bicyclic) bond motifs is 1. The van der Waals surface area contributed by atoms with Gasteiger partial charge in [0.2, 0.25) is 0 Å². The normalized spacial score (nSPS) is 13.0. The maximum Gasteiger partial charge on any atom is 0.104 e. The number of aromatic amines is 1. The zero-order valence-corrected chi connectivity index (χ0v) is 13.3. The van der Waals surface area contributed by atoms with Gasteiger partial charge in [0, 0.05) is 21.8 Å². The molecule has 3 aromatic rings. The van der Waals surface area contributed by atoms with E-state index in [1.165, 1.54) is 10.6 Å². The molecule has 0 amide bonds. The second-order valence-electron chi connectivity index (χ2n) is 5.39. The summed E-state index contributed by atoms with van der Waals surface area (Å²) >= 11 is 1.82. The molecule has 0 bridgehead atoms. The fourth-order valence-corrected chi connectivity index (χ4v) is 3.58. The molecule has 2 aromatic heterocycles. The molecule has 0 fully saturated rings. The summed E-state index contributed by atoms with van der Waals surface area (Å²) in [6.45, 7) is 3.98. The van der Waals surface area contributed by atoms with Crippen LogP contribution in [0.4, 0.5) is 5.69 Å². The van der Waals surface area contributed by atoms with Gasteiger partial charge in [-0.2, -0.15) is 0 Å². The van der Waals surface area contributed by atoms with E-state index in [0.717, 1.165) is 40.0 Å². The summed E-state index contributed by atoms with van der Waals surface area (Å²) in [5.41, 5.74) is 6.21. The Morgan fingerprint density at radius 3 is 2.86 bits per heavy atom. The Balaban J connectivity index is 1.86. The predicted octanol–water partition coefficient (Wildman–Crippen LogP) is 4.23. The molecule has 1 aromatic carbocycles. The number of rotatable bonds is 2. The number of benzene rings is 1. The molecular formula is C17H16N4S. The van der Waals surface area contributed by atoms with Crippen LogP contribution in [0.25, 0.3) is 22.6 Å². The third-order valence-corrected chi connectivity index (χ3v) is 4.65. The summed E-state index contributed by atoms with van der Waals surface area (Å²) < 4.78 is 0. The molecule has 0 saturated heterocycles. The monoisotopic (exact) mass is 308 g/mol. The lowest BCUT2D eigenvalue weighted by molar-refractivity contribution is 1.14. The second-order valence-corrected chi connectivity index (χ2v) is 6.40. The van der Waals surface area contributed by atoms with E-state index in [-0.39, 0.29) is 0 Å². The molecular weight excluding hydrogens is 292 g/mol. The van der Waals surface area contributed by atoms with Crippen molar-refractivity contribution in [3.8, 4) is 22.6 Å². The van der Waals surface area contributed by atoms with Gasteiger partial charge < -0.3 is 10.3 Å².